The first-order valence-electron chi connectivity index (χ1n) is 12.5. The van der Waals surface area contributed by atoms with Gasteiger partial charge in [0.15, 0.2) is 23.0 Å². The molecule has 1 saturated heterocycles. The third-order valence-electron chi connectivity index (χ3n) is 6.11. The van der Waals surface area contributed by atoms with Crippen molar-refractivity contribution >= 4 is 23.5 Å². The van der Waals surface area contributed by atoms with E-state index < -0.39 is 6.03 Å². The van der Waals surface area contributed by atoms with Gasteiger partial charge in [-0.15, -0.1) is 11.8 Å². The van der Waals surface area contributed by atoms with E-state index in [2.05, 4.69) is 5.32 Å². The summed E-state index contributed by atoms with van der Waals surface area (Å²) < 4.78 is 28.2. The molecular formula is C27H38N2O7S. The molecule has 1 heterocycles. The Balaban J connectivity index is 1.92. The number of ether oxygens (including phenoxy) is 5. The van der Waals surface area contributed by atoms with Crippen LogP contribution in [0.2, 0.25) is 0 Å². The summed E-state index contributed by atoms with van der Waals surface area (Å²) in [7, 11) is 6.41. The fourth-order valence-corrected chi connectivity index (χ4v) is 5.84. The van der Waals surface area contributed by atoms with Crippen molar-refractivity contribution in [2.24, 2.45) is 0 Å². The number of rotatable bonds is 12. The lowest BCUT2D eigenvalue weighted by molar-refractivity contribution is -0.0369. The molecule has 0 aromatic heterocycles. The van der Waals surface area contributed by atoms with Gasteiger partial charge in [-0.1, -0.05) is 13.8 Å². The Morgan fingerprint density at radius 2 is 1.43 bits per heavy atom. The summed E-state index contributed by atoms with van der Waals surface area (Å²) in [5, 5.41) is 13.9. The summed E-state index contributed by atoms with van der Waals surface area (Å²) in [6, 6.07) is 7.27. The van der Waals surface area contributed by atoms with Crippen molar-refractivity contribution in [2.45, 2.75) is 50.0 Å². The van der Waals surface area contributed by atoms with Crippen LogP contribution in [0.1, 0.15) is 61.2 Å². The number of urea groups is 1. The molecule has 2 aromatic carbocycles. The molecule has 10 heteroatoms. The highest BCUT2D eigenvalue weighted by atomic mass is 32.2. The second kappa shape index (κ2) is 13.5. The summed E-state index contributed by atoms with van der Waals surface area (Å²) in [5.74, 6) is 2.83. The minimum atomic E-state index is -0.614. The zero-order chi connectivity index (χ0) is 26.9. The molecule has 3 rings (SSSR count). The van der Waals surface area contributed by atoms with Crippen LogP contribution in [0.25, 0.3) is 0 Å². The quantitative estimate of drug-likeness (QED) is 0.237. The molecule has 2 atom stereocenters. The molecule has 1 aliphatic rings. The number of nitrogens with zero attached hydrogens (tertiary/aromatic N) is 1. The third-order valence-corrected chi connectivity index (χ3v) is 7.78. The van der Waals surface area contributed by atoms with Crippen LogP contribution in [0.15, 0.2) is 24.3 Å². The van der Waals surface area contributed by atoms with Gasteiger partial charge in [-0.25, -0.2) is 9.86 Å². The monoisotopic (exact) mass is 534 g/mol. The highest BCUT2D eigenvalue weighted by Gasteiger charge is 2.31. The molecule has 9 nitrogen and oxygen atoms in total. The van der Waals surface area contributed by atoms with Crippen molar-refractivity contribution in [1.82, 2.24) is 5.06 Å². The van der Waals surface area contributed by atoms with Crippen LogP contribution in [0.4, 0.5) is 10.5 Å². The second-order valence-electron chi connectivity index (χ2n) is 8.65. The van der Waals surface area contributed by atoms with E-state index in [-0.39, 0.29) is 17.0 Å². The highest BCUT2D eigenvalue weighted by molar-refractivity contribution is 8.00. The first kappa shape index (κ1) is 28.6. The van der Waals surface area contributed by atoms with Crippen molar-refractivity contribution in [3.05, 3.63) is 35.4 Å². The fourth-order valence-electron chi connectivity index (χ4n) is 4.31. The van der Waals surface area contributed by atoms with E-state index in [0.29, 0.717) is 52.5 Å². The van der Waals surface area contributed by atoms with E-state index in [1.807, 2.05) is 49.9 Å². The summed E-state index contributed by atoms with van der Waals surface area (Å²) in [6.07, 6.45) is 3.31. The predicted molar refractivity (Wildman–Crippen MR) is 145 cm³/mol. The second-order valence-corrected chi connectivity index (χ2v) is 10.1. The Bertz CT molecular complexity index is 1040. The van der Waals surface area contributed by atoms with Gasteiger partial charge in [0.1, 0.15) is 0 Å². The lowest BCUT2D eigenvalue weighted by atomic mass is 10.0. The van der Waals surface area contributed by atoms with Crippen LogP contribution in [0.5, 0.6) is 28.7 Å². The van der Waals surface area contributed by atoms with Gasteiger partial charge < -0.3 is 29.0 Å². The van der Waals surface area contributed by atoms with Crippen molar-refractivity contribution in [2.75, 3.05) is 46.9 Å². The molecule has 2 N–H and O–H groups in total. The molecule has 2 amide bonds. The number of anilines is 1. The number of hydrogen-bond acceptors (Lipinski definition) is 8. The van der Waals surface area contributed by atoms with Crippen molar-refractivity contribution in [3.63, 3.8) is 0 Å². The number of benzene rings is 2. The summed E-state index contributed by atoms with van der Waals surface area (Å²) in [4.78, 5) is 12.6. The maximum absolute atomic E-state index is 12.6. The van der Waals surface area contributed by atoms with Crippen molar-refractivity contribution < 1.29 is 33.7 Å². The maximum atomic E-state index is 12.6. The third kappa shape index (κ3) is 6.67. The molecular weight excluding hydrogens is 496 g/mol. The van der Waals surface area contributed by atoms with Crippen LogP contribution < -0.4 is 29.0 Å². The van der Waals surface area contributed by atoms with Crippen LogP contribution in [0.3, 0.4) is 0 Å². The van der Waals surface area contributed by atoms with Gasteiger partial charge in [-0.2, -0.15) is 0 Å². The van der Waals surface area contributed by atoms with E-state index in [1.165, 1.54) is 0 Å². The minimum Gasteiger partial charge on any atom is -0.493 e. The summed E-state index contributed by atoms with van der Waals surface area (Å²) >= 11 is 1.83. The largest absolute Gasteiger partial charge is 0.493 e. The standard InChI is InChI=1S/C27H38N2O7S/c1-7-11-29(31)27(30)28-19-13-17(14-20(32-3)25(19)36-12-8-2)23-9-10-24(37-23)18-15-21(33-4)26(35-6)22(16-18)34-5/h13-16,23-24,31H,7-12H2,1-6H3,(H,28,30). The SMILES string of the molecule is CCCOc1c(NC(=O)N(O)CCC)cc(C2CCC(c3cc(OC)c(OC)c(OC)c3)S2)cc1OC. The molecule has 0 radical (unpaired) electrons. The lowest BCUT2D eigenvalue weighted by Crippen LogP contribution is -2.32. The van der Waals surface area contributed by atoms with Gasteiger partial charge in [-0.3, -0.25) is 5.21 Å². The lowest BCUT2D eigenvalue weighted by Gasteiger charge is -2.21. The highest BCUT2D eigenvalue weighted by Crippen LogP contribution is 2.56. The summed E-state index contributed by atoms with van der Waals surface area (Å²) in [6.45, 7) is 4.59. The molecule has 0 saturated carbocycles. The number of carbonyl (C=O) groups excluding carboxylic acids is 1. The van der Waals surface area contributed by atoms with Crippen LogP contribution in [-0.4, -0.2) is 57.9 Å². The number of nitrogens with one attached hydrogen (secondary N) is 1. The predicted octanol–water partition coefficient (Wildman–Crippen LogP) is 6.45. The Labute approximate surface area is 223 Å². The molecule has 0 aliphatic carbocycles. The number of amides is 2. The zero-order valence-corrected chi connectivity index (χ0v) is 23.3. The Morgan fingerprint density at radius 3 is 1.92 bits per heavy atom. The number of hydrogen-bond donors (Lipinski definition) is 2. The molecule has 2 unspecified atom stereocenters. The van der Waals surface area contributed by atoms with E-state index in [0.717, 1.165) is 30.4 Å². The Kier molecular flexibility index (Phi) is 10.5. The van der Waals surface area contributed by atoms with Crippen LogP contribution in [0, 0.1) is 0 Å². The molecule has 204 valence electrons. The zero-order valence-electron chi connectivity index (χ0n) is 22.5. The van der Waals surface area contributed by atoms with E-state index in [1.54, 1.807) is 28.4 Å². The molecule has 0 spiro atoms. The topological polar surface area (TPSA) is 98.7 Å². The fraction of sp³-hybridized carbons (Fsp3) is 0.519. The average molecular weight is 535 g/mol. The Morgan fingerprint density at radius 1 is 0.892 bits per heavy atom. The van der Waals surface area contributed by atoms with E-state index >= 15 is 0 Å². The molecule has 1 aliphatic heterocycles. The van der Waals surface area contributed by atoms with Gasteiger partial charge in [0.05, 0.1) is 40.7 Å². The first-order valence-corrected chi connectivity index (χ1v) is 13.4. The van der Waals surface area contributed by atoms with Crippen LogP contribution in [-0.2, 0) is 0 Å². The molecule has 37 heavy (non-hydrogen) atoms. The number of thioether (sulfide) groups is 1. The van der Waals surface area contributed by atoms with Gasteiger partial charge in [0.25, 0.3) is 0 Å². The van der Waals surface area contributed by atoms with Gasteiger partial charge in [-0.05, 0) is 61.1 Å². The smallest absolute Gasteiger partial charge is 0.345 e. The average Bonchev–Trinajstić information content (AvgIpc) is 3.41. The van der Waals surface area contributed by atoms with Crippen molar-refractivity contribution in [1.29, 1.82) is 0 Å². The van der Waals surface area contributed by atoms with Crippen molar-refractivity contribution in [3.8, 4) is 28.7 Å². The number of carbonyl (C=O) groups is 1. The first-order chi connectivity index (χ1) is 17.9. The maximum Gasteiger partial charge on any atom is 0.345 e. The molecule has 1 fully saturated rings. The minimum absolute atomic E-state index is 0.162. The van der Waals surface area contributed by atoms with E-state index in [4.69, 9.17) is 23.7 Å². The van der Waals surface area contributed by atoms with Crippen LogP contribution >= 0.6 is 11.8 Å². The van der Waals surface area contributed by atoms with Gasteiger partial charge in [0, 0.05) is 17.0 Å². The summed E-state index contributed by atoms with van der Waals surface area (Å²) in [5.41, 5.74) is 2.58. The van der Waals surface area contributed by atoms with Gasteiger partial charge in [0.2, 0.25) is 5.75 Å². The normalized spacial score (nSPS) is 16.7. The van der Waals surface area contributed by atoms with Gasteiger partial charge >= 0.3 is 6.03 Å². The molecule has 2 aromatic rings. The molecule has 0 bridgehead atoms. The number of methoxy groups -OCH3 is 4. The Hall–Kier alpha value is -2.98. The van der Waals surface area contributed by atoms with E-state index in [9.17, 15) is 10.0 Å². The number of hydroxylamine groups is 2.